The third-order valence-corrected chi connectivity index (χ3v) is 7.01. The van der Waals surface area contributed by atoms with Crippen molar-refractivity contribution in [3.05, 3.63) is 89.6 Å². The number of hydrogen-bond donors (Lipinski definition) is 0. The molecule has 0 saturated heterocycles. The van der Waals surface area contributed by atoms with Crippen molar-refractivity contribution in [2.24, 2.45) is 4.99 Å². The van der Waals surface area contributed by atoms with Crippen molar-refractivity contribution in [3.8, 4) is 11.5 Å². The van der Waals surface area contributed by atoms with Gasteiger partial charge in [-0.15, -0.1) is 0 Å². The molecule has 194 valence electrons. The lowest BCUT2D eigenvalue weighted by Gasteiger charge is -2.25. The lowest BCUT2D eigenvalue weighted by molar-refractivity contribution is -0.136. The molecule has 0 bridgehead atoms. The number of methoxy groups -OCH3 is 1. The summed E-state index contributed by atoms with van der Waals surface area (Å²) in [5, 5.41) is 0.391. The van der Waals surface area contributed by atoms with Crippen molar-refractivity contribution in [2.75, 3.05) is 13.7 Å². The number of nitrogens with zero attached hydrogens (tertiary/aromatic N) is 2. The van der Waals surface area contributed by atoms with E-state index in [2.05, 4.69) is 0 Å². The average Bonchev–Trinajstić information content (AvgIpc) is 3.19. The van der Waals surface area contributed by atoms with Gasteiger partial charge in [0, 0.05) is 0 Å². The molecule has 9 heteroatoms. The normalized spacial score (nSPS) is 15.4. The Morgan fingerprint density at radius 2 is 1.95 bits per heavy atom. The largest absolute Gasteiger partial charge is 0.490 e. The second-order valence-electron chi connectivity index (χ2n) is 8.63. The number of ether oxygens (including phenoxy) is 3. The van der Waals surface area contributed by atoms with Crippen molar-refractivity contribution in [3.63, 3.8) is 0 Å². The molecule has 1 aliphatic heterocycles. The van der Waals surface area contributed by atoms with E-state index in [0.717, 1.165) is 5.56 Å². The molecule has 0 unspecified atom stereocenters. The van der Waals surface area contributed by atoms with Crippen LogP contribution in [0.15, 0.2) is 63.5 Å². The maximum absolute atomic E-state index is 13.8. The number of hydrogen-bond acceptors (Lipinski definition) is 7. The molecule has 0 amide bonds. The molecular formula is C28H29ClN2O5S. The second-order valence-corrected chi connectivity index (χ2v) is 10.0. The van der Waals surface area contributed by atoms with E-state index in [1.165, 1.54) is 18.4 Å². The van der Waals surface area contributed by atoms with Gasteiger partial charge in [-0.2, -0.15) is 0 Å². The van der Waals surface area contributed by atoms with Crippen molar-refractivity contribution < 1.29 is 19.0 Å². The number of thiazole rings is 1. The molecule has 2 aromatic carbocycles. The Hall–Kier alpha value is -3.36. The summed E-state index contributed by atoms with van der Waals surface area (Å²) >= 11 is 7.81. The van der Waals surface area contributed by atoms with Gasteiger partial charge in [0.15, 0.2) is 16.3 Å². The van der Waals surface area contributed by atoms with Crippen molar-refractivity contribution >= 4 is 35.0 Å². The van der Waals surface area contributed by atoms with Gasteiger partial charge in [-0.1, -0.05) is 60.2 Å². The first-order chi connectivity index (χ1) is 17.8. The van der Waals surface area contributed by atoms with Crippen molar-refractivity contribution in [1.29, 1.82) is 0 Å². The van der Waals surface area contributed by atoms with E-state index >= 15 is 0 Å². The highest BCUT2D eigenvalue weighted by Gasteiger charge is 2.33. The quantitative estimate of drug-likeness (QED) is 0.389. The van der Waals surface area contributed by atoms with Gasteiger partial charge in [0.05, 0.1) is 46.7 Å². The Kier molecular flexibility index (Phi) is 8.19. The summed E-state index contributed by atoms with van der Waals surface area (Å²) in [6.07, 6.45) is 2.19. The van der Waals surface area contributed by atoms with Gasteiger partial charge >= 0.3 is 5.97 Å². The van der Waals surface area contributed by atoms with Crippen LogP contribution in [0.4, 0.5) is 0 Å². The number of rotatable bonds is 8. The molecule has 0 fully saturated rings. The minimum Gasteiger partial charge on any atom is -0.490 e. The van der Waals surface area contributed by atoms with Crippen LogP contribution in [0.3, 0.4) is 0 Å². The number of halogens is 1. The lowest BCUT2D eigenvalue weighted by Crippen LogP contribution is -2.40. The van der Waals surface area contributed by atoms with Gasteiger partial charge < -0.3 is 14.2 Å². The van der Waals surface area contributed by atoms with E-state index in [1.54, 1.807) is 22.8 Å². The van der Waals surface area contributed by atoms with Crippen LogP contribution in [-0.4, -0.2) is 30.4 Å². The van der Waals surface area contributed by atoms with Gasteiger partial charge in [-0.3, -0.25) is 9.36 Å². The SMILES string of the molecule is CCOc1cc(/C=c2/sc3n(c2=O)[C@@H](c2ccccc2)C(C(=O)OC)=C(CC)N=3)cc(Cl)c1OC(C)C. The number of allylic oxidation sites excluding steroid dienone is 1. The Morgan fingerprint density at radius 1 is 1.22 bits per heavy atom. The summed E-state index contributed by atoms with van der Waals surface area (Å²) in [5.41, 5.74) is 2.20. The molecule has 0 radical (unpaired) electrons. The maximum Gasteiger partial charge on any atom is 0.338 e. The van der Waals surface area contributed by atoms with Gasteiger partial charge in [-0.25, -0.2) is 9.79 Å². The molecule has 0 saturated carbocycles. The monoisotopic (exact) mass is 540 g/mol. The molecule has 0 spiro atoms. The minimum atomic E-state index is -0.647. The van der Waals surface area contributed by atoms with Crippen LogP contribution in [-0.2, 0) is 9.53 Å². The maximum atomic E-state index is 13.8. The van der Waals surface area contributed by atoms with Crippen LogP contribution in [0.5, 0.6) is 11.5 Å². The predicted molar refractivity (Wildman–Crippen MR) is 145 cm³/mol. The van der Waals surface area contributed by atoms with E-state index in [1.807, 2.05) is 58.0 Å². The number of aromatic nitrogens is 1. The van der Waals surface area contributed by atoms with E-state index in [-0.39, 0.29) is 11.7 Å². The minimum absolute atomic E-state index is 0.0824. The van der Waals surface area contributed by atoms with E-state index in [9.17, 15) is 9.59 Å². The van der Waals surface area contributed by atoms with Gasteiger partial charge in [0.1, 0.15) is 0 Å². The van der Waals surface area contributed by atoms with Crippen LogP contribution in [0, 0.1) is 0 Å². The Labute approximate surface area is 224 Å². The Bertz CT molecular complexity index is 1520. The van der Waals surface area contributed by atoms with E-state index in [0.29, 0.717) is 55.7 Å². The summed E-state index contributed by atoms with van der Waals surface area (Å²) in [6.45, 7) is 8.07. The first-order valence-corrected chi connectivity index (χ1v) is 13.3. The molecule has 3 aromatic rings. The number of carbonyl (C=O) groups is 1. The van der Waals surface area contributed by atoms with E-state index in [4.69, 9.17) is 30.8 Å². The van der Waals surface area contributed by atoms with Crippen LogP contribution in [0.25, 0.3) is 6.08 Å². The highest BCUT2D eigenvalue weighted by atomic mass is 35.5. The molecule has 1 aliphatic rings. The molecule has 0 aliphatic carbocycles. The van der Waals surface area contributed by atoms with Crippen molar-refractivity contribution in [1.82, 2.24) is 4.57 Å². The molecule has 0 N–H and O–H groups in total. The highest BCUT2D eigenvalue weighted by molar-refractivity contribution is 7.07. The zero-order valence-corrected chi connectivity index (χ0v) is 23.0. The van der Waals surface area contributed by atoms with Crippen LogP contribution >= 0.6 is 22.9 Å². The standard InChI is InChI=1S/C28H29ClN2O5S/c1-6-20-23(27(33)34-5)24(18-11-9-8-10-12-18)31-26(32)22(37-28(31)30-20)15-17-13-19(29)25(36-16(3)4)21(14-17)35-7-2/h8-16,24H,6-7H2,1-5H3/b22-15+/t24-/m0/s1. The van der Waals surface area contributed by atoms with Crippen LogP contribution < -0.4 is 24.4 Å². The summed E-state index contributed by atoms with van der Waals surface area (Å²) in [4.78, 5) is 31.9. The molecule has 7 nitrogen and oxygen atoms in total. The number of carbonyl (C=O) groups excluding carboxylic acids is 1. The molecule has 1 aromatic heterocycles. The lowest BCUT2D eigenvalue weighted by atomic mass is 9.95. The number of fused-ring (bicyclic) bond motifs is 1. The Morgan fingerprint density at radius 3 is 2.57 bits per heavy atom. The second kappa shape index (κ2) is 11.4. The third-order valence-electron chi connectivity index (χ3n) is 5.75. The van der Waals surface area contributed by atoms with Crippen molar-refractivity contribution in [2.45, 2.75) is 46.3 Å². The molecule has 1 atom stereocenters. The van der Waals surface area contributed by atoms with Crippen LogP contribution in [0.2, 0.25) is 5.02 Å². The first kappa shape index (κ1) is 26.7. The average molecular weight is 541 g/mol. The Balaban J connectivity index is 1.93. The third kappa shape index (κ3) is 5.36. The van der Waals surface area contributed by atoms with Crippen LogP contribution in [0.1, 0.15) is 51.3 Å². The van der Waals surface area contributed by atoms with Gasteiger partial charge in [0.25, 0.3) is 5.56 Å². The highest BCUT2D eigenvalue weighted by Crippen LogP contribution is 2.37. The fourth-order valence-electron chi connectivity index (χ4n) is 4.25. The zero-order chi connectivity index (χ0) is 26.7. The fraction of sp³-hybridized carbons (Fsp3) is 0.321. The predicted octanol–water partition coefficient (Wildman–Crippen LogP) is 4.64. The van der Waals surface area contributed by atoms with E-state index < -0.39 is 12.0 Å². The summed E-state index contributed by atoms with van der Waals surface area (Å²) < 4.78 is 18.8. The zero-order valence-electron chi connectivity index (χ0n) is 21.4. The smallest absolute Gasteiger partial charge is 0.338 e. The van der Waals surface area contributed by atoms with Gasteiger partial charge in [-0.05, 0) is 56.5 Å². The molecular weight excluding hydrogens is 512 g/mol. The summed E-state index contributed by atoms with van der Waals surface area (Å²) in [5.74, 6) is 0.472. The molecule has 37 heavy (non-hydrogen) atoms. The first-order valence-electron chi connectivity index (χ1n) is 12.1. The topological polar surface area (TPSA) is 79.1 Å². The fourth-order valence-corrected chi connectivity index (χ4v) is 5.53. The molecule has 2 heterocycles. The molecule has 4 rings (SSSR count). The summed E-state index contributed by atoms with van der Waals surface area (Å²) in [6, 6.07) is 12.3. The number of benzene rings is 2. The summed E-state index contributed by atoms with van der Waals surface area (Å²) in [7, 11) is 1.34. The number of esters is 1. The van der Waals surface area contributed by atoms with Gasteiger partial charge in [0.2, 0.25) is 0 Å².